The Morgan fingerprint density at radius 2 is 1.25 bits per heavy atom. The molecule has 0 atom stereocenters. The van der Waals surface area contributed by atoms with Crippen LogP contribution in [0, 0.1) is 23.5 Å². The molecule has 32 heavy (non-hydrogen) atoms. The second-order valence-corrected chi connectivity index (χ2v) is 6.16. The molecular weight excluding hydrogens is 593 g/mol. The molecule has 0 aliphatic heterocycles. The van der Waals surface area contributed by atoms with E-state index in [9.17, 15) is 8.78 Å². The Labute approximate surface area is 233 Å². The topological polar surface area (TPSA) is 133 Å². The maximum atomic E-state index is 13.2. The van der Waals surface area contributed by atoms with Crippen LogP contribution < -0.4 is 55.6 Å². The SMILES string of the molecule is COc1c(Br)ccc(F)c1CON.COc1c(F)ccc(Br)c1OC.Cl.NO.[B].[C-]#N.[Na+]. The van der Waals surface area contributed by atoms with E-state index in [1.54, 1.807) is 12.1 Å². The van der Waals surface area contributed by atoms with Gasteiger partial charge in [-0.15, -0.1) is 12.4 Å². The number of nitrogens with zero attached hydrogens (tertiary/aromatic N) is 1. The van der Waals surface area contributed by atoms with Gasteiger partial charge in [-0.05, 0) is 56.1 Å². The molecule has 8 nitrogen and oxygen atoms in total. The van der Waals surface area contributed by atoms with Crippen LogP contribution >= 0.6 is 44.3 Å². The molecule has 173 valence electrons. The standard InChI is InChI=1S/C8H9BrFNO2.C8H8BrFO2.CN.B.ClH.H3NO.Na/c1-12-8-5(4-13-11)7(10)3-2-6(8)9;1-11-7-5(9)3-4-6(10)8(7)12-2;1-2;;;1-2;/h2-3H,4,11H2,1H3;3-4H,1-2H3;;;1H;2H,1H2;/q;;-1;;;;+1. The van der Waals surface area contributed by atoms with Crippen LogP contribution in [0.4, 0.5) is 8.78 Å². The van der Waals surface area contributed by atoms with Crippen molar-refractivity contribution in [2.24, 2.45) is 11.8 Å². The van der Waals surface area contributed by atoms with E-state index in [2.05, 4.69) is 42.6 Å². The van der Waals surface area contributed by atoms with E-state index in [0.717, 1.165) is 0 Å². The van der Waals surface area contributed by atoms with Gasteiger partial charge in [0, 0.05) is 8.41 Å². The number of benzene rings is 2. The van der Waals surface area contributed by atoms with Crippen molar-refractivity contribution < 1.29 is 62.6 Å². The second kappa shape index (κ2) is 25.0. The van der Waals surface area contributed by atoms with E-state index in [4.69, 9.17) is 37.1 Å². The van der Waals surface area contributed by atoms with Gasteiger partial charge in [-0.1, -0.05) is 0 Å². The van der Waals surface area contributed by atoms with Crippen LogP contribution in [-0.2, 0) is 11.4 Å². The van der Waals surface area contributed by atoms with Crippen molar-refractivity contribution in [2.45, 2.75) is 6.61 Å². The average Bonchev–Trinajstić information content (AvgIpc) is 2.75. The van der Waals surface area contributed by atoms with Crippen molar-refractivity contribution in [3.8, 4) is 17.2 Å². The van der Waals surface area contributed by atoms with Gasteiger partial charge in [-0.25, -0.2) is 20.6 Å². The zero-order valence-corrected chi connectivity index (χ0v) is 23.7. The summed E-state index contributed by atoms with van der Waals surface area (Å²) in [6.45, 7) is 4.73. The zero-order chi connectivity index (χ0) is 23.0. The Hall–Kier alpha value is -0.655. The molecule has 0 amide bonds. The summed E-state index contributed by atoms with van der Waals surface area (Å²) in [7, 11) is 4.31. The summed E-state index contributed by atoms with van der Waals surface area (Å²) in [5.41, 5.74) is 0.305. The summed E-state index contributed by atoms with van der Waals surface area (Å²) in [6, 6.07) is 5.76. The van der Waals surface area contributed by atoms with Crippen molar-refractivity contribution >= 4 is 52.7 Å². The van der Waals surface area contributed by atoms with Gasteiger partial charge in [-0.3, -0.25) is 4.84 Å². The first kappa shape index (κ1) is 41.6. The van der Waals surface area contributed by atoms with Gasteiger partial charge in [0.25, 0.3) is 0 Å². The molecule has 0 saturated heterocycles. The quantitative estimate of drug-likeness (QED) is 0.259. The minimum Gasteiger partial charge on any atom is -0.512 e. The van der Waals surface area contributed by atoms with Crippen LogP contribution in [0.25, 0.3) is 0 Å². The first-order valence-electron chi connectivity index (χ1n) is 7.27. The largest absolute Gasteiger partial charge is 1.00 e. The first-order chi connectivity index (χ1) is 13.9. The molecule has 0 aliphatic carbocycles. The molecule has 0 fully saturated rings. The van der Waals surface area contributed by atoms with Gasteiger partial charge in [-0.2, -0.15) is 0 Å². The van der Waals surface area contributed by atoms with Crippen LogP contribution in [-0.4, -0.2) is 34.9 Å². The van der Waals surface area contributed by atoms with Crippen LogP contribution in [0.2, 0.25) is 0 Å². The number of methoxy groups -OCH3 is 3. The van der Waals surface area contributed by atoms with E-state index >= 15 is 0 Å². The van der Waals surface area contributed by atoms with Crippen molar-refractivity contribution in [3.05, 3.63) is 57.0 Å². The molecule has 2 rings (SSSR count). The molecule has 0 spiro atoms. The number of hydrogen-bond donors (Lipinski definition) is 3. The number of nitrogens with two attached hydrogens (primary N) is 2. The molecule has 0 aliphatic rings. The molecular formula is C17H21BBr2ClF2N3NaO5. The first-order valence-corrected chi connectivity index (χ1v) is 8.86. The van der Waals surface area contributed by atoms with Crippen LogP contribution in [0.5, 0.6) is 17.2 Å². The van der Waals surface area contributed by atoms with Crippen molar-refractivity contribution in [2.75, 3.05) is 21.3 Å². The van der Waals surface area contributed by atoms with Crippen LogP contribution in [0.15, 0.2) is 33.2 Å². The molecule has 0 aromatic heterocycles. The molecule has 0 bridgehead atoms. The Morgan fingerprint density at radius 1 is 0.875 bits per heavy atom. The van der Waals surface area contributed by atoms with E-state index < -0.39 is 11.6 Å². The minimum absolute atomic E-state index is 0. The summed E-state index contributed by atoms with van der Waals surface area (Å²) in [6.07, 6.45) is 0. The fourth-order valence-corrected chi connectivity index (χ4v) is 2.92. The third-order valence-electron chi connectivity index (χ3n) is 3.01. The third-order valence-corrected chi connectivity index (χ3v) is 4.26. The molecule has 15 heteroatoms. The molecule has 0 unspecified atom stereocenters. The van der Waals surface area contributed by atoms with Gasteiger partial charge in [0.05, 0.1) is 42.4 Å². The smallest absolute Gasteiger partial charge is 0.512 e. The molecule has 0 saturated carbocycles. The van der Waals surface area contributed by atoms with Crippen molar-refractivity contribution in [1.29, 1.82) is 5.26 Å². The molecule has 2 aromatic rings. The predicted octanol–water partition coefficient (Wildman–Crippen LogP) is 1.07. The number of hydrogen-bond acceptors (Lipinski definition) is 8. The van der Waals surface area contributed by atoms with Crippen molar-refractivity contribution in [3.63, 3.8) is 0 Å². The minimum atomic E-state index is -0.433. The fraction of sp³-hybridized carbons (Fsp3) is 0.235. The predicted molar refractivity (Wildman–Crippen MR) is 121 cm³/mol. The maximum Gasteiger partial charge on any atom is 1.00 e. The summed E-state index contributed by atoms with van der Waals surface area (Å²) >= 11 is 6.43. The maximum absolute atomic E-state index is 13.2. The monoisotopic (exact) mass is 612 g/mol. The Morgan fingerprint density at radius 3 is 1.59 bits per heavy atom. The molecule has 5 N–H and O–H groups in total. The van der Waals surface area contributed by atoms with Crippen molar-refractivity contribution in [1.82, 2.24) is 0 Å². The Balaban J connectivity index is -0.000000122. The molecule has 0 heterocycles. The van der Waals surface area contributed by atoms with E-state index in [1.807, 2.05) is 0 Å². The zero-order valence-electron chi connectivity index (χ0n) is 17.7. The van der Waals surface area contributed by atoms with Gasteiger partial charge < -0.3 is 31.3 Å². The van der Waals surface area contributed by atoms with E-state index in [0.29, 0.717) is 26.0 Å². The molecule has 2 aromatic carbocycles. The van der Waals surface area contributed by atoms with E-state index in [1.165, 1.54) is 33.5 Å². The van der Waals surface area contributed by atoms with Crippen LogP contribution in [0.3, 0.4) is 0 Å². The fourth-order valence-electron chi connectivity index (χ4n) is 1.91. The number of halogens is 5. The van der Waals surface area contributed by atoms with Gasteiger partial charge in [0.1, 0.15) is 11.6 Å². The Kier molecular flexibility index (Phi) is 32.5. The number of ether oxygens (including phenoxy) is 3. The third kappa shape index (κ3) is 13.1. The molecule has 3 radical (unpaired) electrons. The normalized spacial score (nSPS) is 8.00. The summed E-state index contributed by atoms with van der Waals surface area (Å²) in [5.74, 6) is 8.43. The average molecular weight is 614 g/mol. The van der Waals surface area contributed by atoms with Gasteiger partial charge >= 0.3 is 29.6 Å². The van der Waals surface area contributed by atoms with Gasteiger partial charge in [0.15, 0.2) is 17.3 Å². The van der Waals surface area contributed by atoms with Crippen LogP contribution in [0.1, 0.15) is 5.56 Å². The van der Waals surface area contributed by atoms with E-state index in [-0.39, 0.29) is 62.7 Å². The second-order valence-electron chi connectivity index (χ2n) is 4.45. The summed E-state index contributed by atoms with van der Waals surface area (Å²) in [4.78, 5) is 4.37. The van der Waals surface area contributed by atoms with Gasteiger partial charge in [0.2, 0.25) is 0 Å². The Bertz CT molecular complexity index is 758. The summed E-state index contributed by atoms with van der Waals surface area (Å²) in [5, 5.41) is 12.8. The number of rotatable bonds is 5. The summed E-state index contributed by atoms with van der Waals surface area (Å²) < 4.78 is 42.2.